The lowest BCUT2D eigenvalue weighted by atomic mass is 9.94. The van der Waals surface area contributed by atoms with E-state index < -0.39 is 30.2 Å². The number of aromatic nitrogens is 1. The highest BCUT2D eigenvalue weighted by Gasteiger charge is 2.36. The van der Waals surface area contributed by atoms with Gasteiger partial charge < -0.3 is 24.5 Å². The first kappa shape index (κ1) is 29.3. The molecule has 208 valence electrons. The number of esters is 1. The summed E-state index contributed by atoms with van der Waals surface area (Å²) in [7, 11) is 0. The molecule has 5 atom stereocenters. The lowest BCUT2D eigenvalue weighted by Gasteiger charge is -2.27. The van der Waals surface area contributed by atoms with Crippen molar-refractivity contribution in [1.29, 1.82) is 0 Å². The molecule has 0 aromatic carbocycles. The average molecular weight is 532 g/mol. The van der Waals surface area contributed by atoms with Gasteiger partial charge in [-0.3, -0.25) is 14.4 Å². The van der Waals surface area contributed by atoms with E-state index in [9.17, 15) is 23.9 Å². The number of halogens is 1. The van der Waals surface area contributed by atoms with Crippen LogP contribution in [0.5, 0.6) is 0 Å². The average Bonchev–Trinajstić information content (AvgIpc) is 3.52. The molecule has 0 saturated carbocycles. The Morgan fingerprint density at radius 1 is 1.24 bits per heavy atom. The zero-order valence-corrected chi connectivity index (χ0v) is 22.4. The molecule has 2 aliphatic rings. The molecule has 2 N–H and O–H groups in total. The molecule has 9 nitrogen and oxygen atoms in total. The van der Waals surface area contributed by atoms with Crippen LogP contribution < -0.4 is 5.32 Å². The van der Waals surface area contributed by atoms with E-state index in [1.807, 2.05) is 20.8 Å². The number of fused-ring (bicyclic) bond motifs is 4. The monoisotopic (exact) mass is 531 g/mol. The van der Waals surface area contributed by atoms with Gasteiger partial charge in [-0.2, -0.15) is 0 Å². The molecule has 0 unspecified atom stereocenters. The van der Waals surface area contributed by atoms with E-state index in [1.165, 1.54) is 23.3 Å². The summed E-state index contributed by atoms with van der Waals surface area (Å²) in [5.74, 6) is -1.66. The van der Waals surface area contributed by atoms with Gasteiger partial charge in [0.15, 0.2) is 11.6 Å². The van der Waals surface area contributed by atoms with Crippen molar-refractivity contribution in [2.45, 2.75) is 65.3 Å². The number of cyclic esters (lactones) is 1. The minimum Gasteiger partial charge on any atom is -0.461 e. The third-order valence-corrected chi connectivity index (χ3v) is 6.68. The third-order valence-electron chi connectivity index (χ3n) is 6.68. The fraction of sp³-hybridized carbons (Fsp3) is 0.571. The molecule has 1 aromatic rings. The lowest BCUT2D eigenvalue weighted by Crippen LogP contribution is -2.34. The Morgan fingerprint density at radius 3 is 2.74 bits per heavy atom. The fourth-order valence-corrected chi connectivity index (χ4v) is 4.66. The minimum atomic E-state index is -1.43. The topological polar surface area (TPSA) is 122 Å². The summed E-state index contributed by atoms with van der Waals surface area (Å²) in [6.07, 6.45) is 6.55. The molecule has 1 fully saturated rings. The van der Waals surface area contributed by atoms with Crippen LogP contribution in [0.3, 0.4) is 0 Å². The van der Waals surface area contributed by atoms with E-state index in [2.05, 4.69) is 10.3 Å². The highest BCUT2D eigenvalue weighted by Crippen LogP contribution is 2.25. The van der Waals surface area contributed by atoms with Gasteiger partial charge in [0.2, 0.25) is 5.91 Å². The summed E-state index contributed by atoms with van der Waals surface area (Å²) in [6, 6.07) is 0. The van der Waals surface area contributed by atoms with Crippen molar-refractivity contribution in [3.05, 3.63) is 53.8 Å². The van der Waals surface area contributed by atoms with E-state index in [4.69, 9.17) is 9.15 Å². The molecule has 10 heteroatoms. The Labute approximate surface area is 222 Å². The van der Waals surface area contributed by atoms with Crippen molar-refractivity contribution < 1.29 is 33.0 Å². The number of aliphatic hydroxyl groups is 1. The van der Waals surface area contributed by atoms with Crippen molar-refractivity contribution >= 4 is 17.8 Å². The Morgan fingerprint density at radius 2 is 2.00 bits per heavy atom. The number of hydrogen-bond acceptors (Lipinski definition) is 7. The largest absolute Gasteiger partial charge is 0.461 e. The zero-order valence-electron chi connectivity index (χ0n) is 22.4. The smallest absolute Gasteiger partial charge is 0.311 e. The minimum absolute atomic E-state index is 0.0142. The molecule has 2 amide bonds. The van der Waals surface area contributed by atoms with Crippen LogP contribution in [0.15, 0.2) is 46.6 Å². The van der Waals surface area contributed by atoms with Gasteiger partial charge in [0, 0.05) is 32.0 Å². The SMILES string of the molecule is CC1=C\[C@@H](O)C[C@@H](F)Cc2nc(co2)C(=O)N2CC[C@@H](C2)C(=O)O[C@H](C(C)C)[C@H](C)/C=C/C(=O)NC\C=C\1. The first-order valence-electron chi connectivity index (χ1n) is 13.1. The van der Waals surface area contributed by atoms with Gasteiger partial charge >= 0.3 is 5.97 Å². The van der Waals surface area contributed by atoms with Gasteiger partial charge in [0.05, 0.1) is 18.4 Å². The van der Waals surface area contributed by atoms with Crippen molar-refractivity contribution in [2.24, 2.45) is 17.8 Å². The molecule has 4 bridgehead atoms. The maximum absolute atomic E-state index is 14.6. The second kappa shape index (κ2) is 13.5. The van der Waals surface area contributed by atoms with Crippen LogP contribution in [0.1, 0.15) is 56.9 Å². The Hall–Kier alpha value is -3.27. The molecule has 2 aliphatic heterocycles. The number of allylic oxidation sites excluding steroid dienone is 2. The maximum atomic E-state index is 14.6. The van der Waals surface area contributed by atoms with Crippen LogP contribution in [0.25, 0.3) is 0 Å². The lowest BCUT2D eigenvalue weighted by molar-refractivity contribution is -0.157. The first-order chi connectivity index (χ1) is 18.0. The van der Waals surface area contributed by atoms with E-state index in [0.717, 1.165) is 0 Å². The predicted octanol–water partition coefficient (Wildman–Crippen LogP) is 3.16. The summed E-state index contributed by atoms with van der Waals surface area (Å²) < 4.78 is 25.7. The number of alkyl halides is 1. The number of ether oxygens (including phenoxy) is 1. The highest BCUT2D eigenvalue weighted by atomic mass is 19.1. The number of carbonyl (C=O) groups excluding carboxylic acids is 3. The van der Waals surface area contributed by atoms with Crippen LogP contribution >= 0.6 is 0 Å². The highest BCUT2D eigenvalue weighted by molar-refractivity contribution is 5.92. The quantitative estimate of drug-likeness (QED) is 0.534. The number of nitrogens with zero attached hydrogens (tertiary/aromatic N) is 2. The molecule has 0 spiro atoms. The Bertz CT molecular complexity index is 1080. The normalized spacial score (nSPS) is 31.7. The van der Waals surface area contributed by atoms with Crippen LogP contribution in [0.4, 0.5) is 4.39 Å². The summed E-state index contributed by atoms with van der Waals surface area (Å²) in [5.41, 5.74) is 0.765. The number of amides is 2. The number of rotatable bonds is 1. The van der Waals surface area contributed by atoms with Gasteiger partial charge in [-0.15, -0.1) is 0 Å². The van der Waals surface area contributed by atoms with Crippen LogP contribution in [0, 0.1) is 17.8 Å². The van der Waals surface area contributed by atoms with E-state index in [1.54, 1.807) is 25.2 Å². The van der Waals surface area contributed by atoms with E-state index >= 15 is 0 Å². The van der Waals surface area contributed by atoms with Crippen molar-refractivity contribution in [1.82, 2.24) is 15.2 Å². The van der Waals surface area contributed by atoms with Crippen molar-refractivity contribution in [2.75, 3.05) is 19.6 Å². The molecule has 3 rings (SSSR count). The van der Waals surface area contributed by atoms with Gasteiger partial charge in [-0.05, 0) is 25.3 Å². The van der Waals surface area contributed by atoms with Gasteiger partial charge in [0.25, 0.3) is 5.91 Å². The number of aliphatic hydroxyl groups excluding tert-OH is 1. The van der Waals surface area contributed by atoms with E-state index in [-0.39, 0.29) is 61.2 Å². The molecule has 3 heterocycles. The Balaban J connectivity index is 1.79. The summed E-state index contributed by atoms with van der Waals surface area (Å²) in [6.45, 7) is 8.38. The second-order valence-corrected chi connectivity index (χ2v) is 10.4. The first-order valence-corrected chi connectivity index (χ1v) is 13.1. The van der Waals surface area contributed by atoms with E-state index in [0.29, 0.717) is 18.5 Å². The van der Waals surface area contributed by atoms with Crippen molar-refractivity contribution in [3.63, 3.8) is 0 Å². The van der Waals surface area contributed by atoms with Gasteiger partial charge in [-0.1, -0.05) is 50.6 Å². The molecular formula is C28H38FN3O6. The molecule has 1 aromatic heterocycles. The fourth-order valence-electron chi connectivity index (χ4n) is 4.66. The molecule has 1 saturated heterocycles. The van der Waals surface area contributed by atoms with Gasteiger partial charge in [0.1, 0.15) is 18.5 Å². The van der Waals surface area contributed by atoms with Crippen LogP contribution in [-0.4, -0.2) is 70.8 Å². The summed E-state index contributed by atoms with van der Waals surface area (Å²) in [4.78, 5) is 43.8. The second-order valence-electron chi connectivity index (χ2n) is 10.4. The molecule has 0 aliphatic carbocycles. The van der Waals surface area contributed by atoms with Crippen LogP contribution in [0.2, 0.25) is 0 Å². The Kier molecular flexibility index (Phi) is 10.4. The molecule has 0 radical (unpaired) electrons. The standard InChI is InChI=1S/C28H38FN3O6/c1-17(2)26-19(4)7-8-24(34)30-10-5-6-18(3)12-22(33)13-21(29)14-25-31-23(16-37-25)27(35)32-11-9-20(15-32)28(36)38-26/h5-8,12,16-17,19-22,26,33H,9-11,13-15H2,1-4H3,(H,30,34)/b6-5+,8-7+,18-12+/t19-,20+,21-,22-,26-/m1/s1. The summed E-state index contributed by atoms with van der Waals surface area (Å²) in [5, 5.41) is 13.0. The predicted molar refractivity (Wildman–Crippen MR) is 139 cm³/mol. The van der Waals surface area contributed by atoms with Gasteiger partial charge in [-0.25, -0.2) is 9.37 Å². The zero-order chi connectivity index (χ0) is 27.8. The van der Waals surface area contributed by atoms with Crippen LogP contribution in [-0.2, 0) is 20.7 Å². The van der Waals surface area contributed by atoms with Crippen molar-refractivity contribution in [3.8, 4) is 0 Å². The molecular weight excluding hydrogens is 493 g/mol. The summed E-state index contributed by atoms with van der Waals surface area (Å²) >= 11 is 0. The number of oxazole rings is 1. The third kappa shape index (κ3) is 8.37. The molecule has 38 heavy (non-hydrogen) atoms. The number of nitrogens with one attached hydrogen (secondary N) is 1. The number of carbonyl (C=O) groups is 3. The number of hydrogen-bond donors (Lipinski definition) is 2. The maximum Gasteiger partial charge on any atom is 0.311 e.